The van der Waals surface area contributed by atoms with Crippen molar-refractivity contribution in [2.24, 2.45) is 0 Å². The molecule has 1 heterocycles. The molecule has 0 bridgehead atoms. The minimum absolute atomic E-state index is 0.108. The molecule has 1 rings (SSSR count). The van der Waals surface area contributed by atoms with E-state index >= 15 is 0 Å². The summed E-state index contributed by atoms with van der Waals surface area (Å²) in [5.41, 5.74) is 0.892. The third-order valence-corrected chi connectivity index (χ3v) is 2.69. The summed E-state index contributed by atoms with van der Waals surface area (Å²) in [6.07, 6.45) is 2.00. The molecule has 1 aromatic heterocycles. The summed E-state index contributed by atoms with van der Waals surface area (Å²) in [7, 11) is 0. The van der Waals surface area contributed by atoms with Crippen molar-refractivity contribution in [2.45, 2.75) is 52.7 Å². The van der Waals surface area contributed by atoms with Crippen molar-refractivity contribution in [3.8, 4) is 5.88 Å². The summed E-state index contributed by atoms with van der Waals surface area (Å²) in [6.45, 7) is 8.01. The number of nitrogens with zero attached hydrogens (tertiary/aromatic N) is 2. The van der Waals surface area contributed by atoms with E-state index in [4.69, 9.17) is 16.3 Å². The van der Waals surface area contributed by atoms with E-state index in [1.54, 1.807) is 0 Å². The first kappa shape index (κ1) is 15.0. The second-order valence-electron chi connectivity index (χ2n) is 4.56. The Morgan fingerprint density at radius 2 is 2.11 bits per heavy atom. The second kappa shape index (κ2) is 7.41. The number of halogens is 1. The van der Waals surface area contributed by atoms with Crippen molar-refractivity contribution in [1.29, 1.82) is 0 Å². The van der Waals surface area contributed by atoms with Gasteiger partial charge in [0.05, 0.1) is 6.10 Å². The fourth-order valence-electron chi connectivity index (χ4n) is 1.60. The van der Waals surface area contributed by atoms with Gasteiger partial charge in [0.1, 0.15) is 0 Å². The molecule has 1 unspecified atom stereocenters. The van der Waals surface area contributed by atoms with E-state index in [1.807, 2.05) is 26.8 Å². The molecule has 102 valence electrons. The van der Waals surface area contributed by atoms with Crippen molar-refractivity contribution in [3.63, 3.8) is 0 Å². The van der Waals surface area contributed by atoms with Crippen LogP contribution >= 0.6 is 11.6 Å². The minimum Gasteiger partial charge on any atom is -0.475 e. The maximum atomic E-state index is 5.77. The highest BCUT2D eigenvalue weighted by Crippen LogP contribution is 2.15. The van der Waals surface area contributed by atoms with E-state index in [2.05, 4.69) is 22.2 Å². The standard InChI is InChI=1S/C13H22ClN3O/c1-5-11(6-7-14)16-13-15-10(4)8-12(17-13)18-9(2)3/h8-9,11H,5-7H2,1-4H3,(H,15,16,17). The van der Waals surface area contributed by atoms with Gasteiger partial charge in [-0.15, -0.1) is 11.6 Å². The van der Waals surface area contributed by atoms with Crippen LogP contribution in [0.5, 0.6) is 5.88 Å². The molecule has 0 aliphatic rings. The third-order valence-electron chi connectivity index (χ3n) is 2.47. The first-order valence-corrected chi connectivity index (χ1v) is 6.93. The molecular formula is C13H22ClN3O. The lowest BCUT2D eigenvalue weighted by Gasteiger charge is -2.17. The minimum atomic E-state index is 0.108. The van der Waals surface area contributed by atoms with Gasteiger partial charge in [0, 0.05) is 23.7 Å². The van der Waals surface area contributed by atoms with E-state index in [1.165, 1.54) is 0 Å². The lowest BCUT2D eigenvalue weighted by atomic mass is 10.2. The van der Waals surface area contributed by atoms with Crippen LogP contribution in [0.15, 0.2) is 6.07 Å². The second-order valence-corrected chi connectivity index (χ2v) is 4.94. The number of hydrogen-bond donors (Lipinski definition) is 1. The van der Waals surface area contributed by atoms with Gasteiger partial charge in [0.25, 0.3) is 0 Å². The number of nitrogens with one attached hydrogen (secondary N) is 1. The maximum absolute atomic E-state index is 5.77. The zero-order chi connectivity index (χ0) is 13.5. The summed E-state index contributed by atoms with van der Waals surface area (Å²) in [5, 5.41) is 3.30. The predicted octanol–water partition coefficient (Wildman–Crippen LogP) is 3.39. The van der Waals surface area contributed by atoms with Gasteiger partial charge in [-0.2, -0.15) is 4.98 Å². The Morgan fingerprint density at radius 3 is 2.67 bits per heavy atom. The fraction of sp³-hybridized carbons (Fsp3) is 0.692. The molecule has 0 aliphatic heterocycles. The topological polar surface area (TPSA) is 47.0 Å². The van der Waals surface area contributed by atoms with E-state index < -0.39 is 0 Å². The molecule has 0 saturated heterocycles. The number of hydrogen-bond acceptors (Lipinski definition) is 4. The number of rotatable bonds is 7. The predicted molar refractivity (Wildman–Crippen MR) is 75.6 cm³/mol. The largest absolute Gasteiger partial charge is 0.475 e. The van der Waals surface area contributed by atoms with E-state index in [-0.39, 0.29) is 6.10 Å². The summed E-state index contributed by atoms with van der Waals surface area (Å²) in [4.78, 5) is 8.72. The summed E-state index contributed by atoms with van der Waals surface area (Å²) < 4.78 is 5.59. The zero-order valence-corrected chi connectivity index (χ0v) is 12.3. The summed E-state index contributed by atoms with van der Waals surface area (Å²) >= 11 is 5.77. The zero-order valence-electron chi connectivity index (χ0n) is 11.5. The summed E-state index contributed by atoms with van der Waals surface area (Å²) in [5.74, 6) is 1.86. The fourth-order valence-corrected chi connectivity index (χ4v) is 1.86. The SMILES string of the molecule is CCC(CCCl)Nc1nc(C)cc(OC(C)C)n1. The van der Waals surface area contributed by atoms with Crippen LogP contribution in [0.1, 0.15) is 39.3 Å². The molecule has 0 amide bonds. The number of alkyl halides is 1. The number of ether oxygens (including phenoxy) is 1. The maximum Gasteiger partial charge on any atom is 0.226 e. The highest BCUT2D eigenvalue weighted by atomic mass is 35.5. The van der Waals surface area contributed by atoms with Gasteiger partial charge in [0.15, 0.2) is 0 Å². The Hall–Kier alpha value is -1.03. The average Bonchev–Trinajstić information content (AvgIpc) is 2.26. The van der Waals surface area contributed by atoms with Crippen LogP contribution in [0.25, 0.3) is 0 Å². The van der Waals surface area contributed by atoms with Crippen LogP contribution in [-0.2, 0) is 0 Å². The van der Waals surface area contributed by atoms with Gasteiger partial charge in [0.2, 0.25) is 11.8 Å². The van der Waals surface area contributed by atoms with E-state index in [0.717, 1.165) is 18.5 Å². The molecule has 0 radical (unpaired) electrons. The van der Waals surface area contributed by atoms with Gasteiger partial charge < -0.3 is 10.1 Å². The van der Waals surface area contributed by atoms with Crippen LogP contribution in [0, 0.1) is 6.92 Å². The van der Waals surface area contributed by atoms with Gasteiger partial charge in [-0.05, 0) is 33.6 Å². The van der Waals surface area contributed by atoms with Crippen LogP contribution < -0.4 is 10.1 Å². The molecule has 0 aromatic carbocycles. The van der Waals surface area contributed by atoms with Crippen molar-refractivity contribution < 1.29 is 4.74 Å². The van der Waals surface area contributed by atoms with Gasteiger partial charge in [-0.1, -0.05) is 6.92 Å². The Bertz CT molecular complexity index is 371. The summed E-state index contributed by atoms with van der Waals surface area (Å²) in [6, 6.07) is 2.14. The van der Waals surface area contributed by atoms with Gasteiger partial charge in [-0.3, -0.25) is 0 Å². The van der Waals surface area contributed by atoms with E-state index in [9.17, 15) is 0 Å². The molecule has 1 N–H and O–H groups in total. The molecular weight excluding hydrogens is 250 g/mol. The molecule has 1 atom stereocenters. The van der Waals surface area contributed by atoms with Crippen LogP contribution in [-0.4, -0.2) is 28.0 Å². The smallest absolute Gasteiger partial charge is 0.226 e. The average molecular weight is 272 g/mol. The van der Waals surface area contributed by atoms with Crippen molar-refractivity contribution >= 4 is 17.5 Å². The number of anilines is 1. The number of aromatic nitrogens is 2. The Morgan fingerprint density at radius 1 is 1.39 bits per heavy atom. The van der Waals surface area contributed by atoms with Crippen LogP contribution in [0.4, 0.5) is 5.95 Å². The molecule has 1 aromatic rings. The highest BCUT2D eigenvalue weighted by Gasteiger charge is 2.09. The van der Waals surface area contributed by atoms with Crippen LogP contribution in [0.2, 0.25) is 0 Å². The van der Waals surface area contributed by atoms with Crippen molar-refractivity contribution in [1.82, 2.24) is 9.97 Å². The van der Waals surface area contributed by atoms with Crippen molar-refractivity contribution in [2.75, 3.05) is 11.2 Å². The molecule has 0 saturated carbocycles. The lowest BCUT2D eigenvalue weighted by molar-refractivity contribution is 0.232. The normalized spacial score (nSPS) is 12.6. The molecule has 0 spiro atoms. The Labute approximate surface area is 114 Å². The van der Waals surface area contributed by atoms with Gasteiger partial charge >= 0.3 is 0 Å². The van der Waals surface area contributed by atoms with Gasteiger partial charge in [-0.25, -0.2) is 4.98 Å². The number of aryl methyl sites for hydroxylation is 1. The molecule has 18 heavy (non-hydrogen) atoms. The quantitative estimate of drug-likeness (QED) is 0.772. The lowest BCUT2D eigenvalue weighted by Crippen LogP contribution is -2.21. The first-order chi connectivity index (χ1) is 8.55. The highest BCUT2D eigenvalue weighted by molar-refractivity contribution is 6.17. The molecule has 5 heteroatoms. The molecule has 0 fully saturated rings. The third kappa shape index (κ3) is 5.08. The van der Waals surface area contributed by atoms with Crippen molar-refractivity contribution in [3.05, 3.63) is 11.8 Å². The Balaban J connectivity index is 2.78. The van der Waals surface area contributed by atoms with E-state index in [0.29, 0.717) is 23.8 Å². The van der Waals surface area contributed by atoms with Crippen LogP contribution in [0.3, 0.4) is 0 Å². The monoisotopic (exact) mass is 271 g/mol. The first-order valence-electron chi connectivity index (χ1n) is 6.40. The Kier molecular flexibility index (Phi) is 6.19. The molecule has 4 nitrogen and oxygen atoms in total. The molecule has 0 aliphatic carbocycles.